The van der Waals surface area contributed by atoms with Crippen LogP contribution in [0.3, 0.4) is 0 Å². The molecule has 5 aromatic heterocycles. The van der Waals surface area contributed by atoms with Crippen LogP contribution < -0.4 is 54.0 Å². The van der Waals surface area contributed by atoms with Gasteiger partial charge < -0.3 is 54.0 Å². The predicted octanol–water partition coefficient (Wildman–Crippen LogP) is 16.1. The number of nitrogen functional groups attached to an aromatic ring is 2. The Bertz CT molecular complexity index is 4940. The average molecular weight is 1840 g/mol. The predicted molar refractivity (Wildman–Crippen MR) is 429 cm³/mol. The molecule has 0 aliphatic heterocycles. The number of halogens is 11. The third-order valence-electron chi connectivity index (χ3n) is 14.6. The number of primary amides is 1. The fourth-order valence-electron chi connectivity index (χ4n) is 8.31. The molecule has 13 rings (SSSR count). The van der Waals surface area contributed by atoms with Crippen LogP contribution in [0.25, 0.3) is 0 Å². The van der Waals surface area contributed by atoms with E-state index in [1.54, 1.807) is 54.0 Å². The van der Waals surface area contributed by atoms with Gasteiger partial charge in [-0.05, 0) is 85.9 Å². The molecule has 0 saturated heterocycles. The van der Waals surface area contributed by atoms with Crippen LogP contribution >= 0.6 is 81.4 Å². The third-order valence-corrected chi connectivity index (χ3v) is 15.4. The van der Waals surface area contributed by atoms with Gasteiger partial charge in [0.2, 0.25) is 41.0 Å². The van der Waals surface area contributed by atoms with Crippen molar-refractivity contribution in [2.24, 2.45) is 23.5 Å². The van der Waals surface area contributed by atoms with Gasteiger partial charge in [-0.1, -0.05) is 76.4 Å². The number of alkyl halides is 1. The Hall–Kier alpha value is -11.4. The Kier molecular flexibility index (Phi) is 41.4. The molecule has 3 aliphatic carbocycles. The van der Waals surface area contributed by atoms with E-state index >= 15 is 0 Å². The Labute approximate surface area is 696 Å². The monoisotopic (exact) mass is 1840 g/mol. The molecule has 35 nitrogen and oxygen atoms in total. The maximum Gasteiger partial charge on any atom is 0.304 e. The summed E-state index contributed by atoms with van der Waals surface area (Å²) in [5, 5.41) is 51.1. The summed E-state index contributed by atoms with van der Waals surface area (Å²) in [6.45, 7) is 0. The molecule has 3 aliphatic rings. The van der Waals surface area contributed by atoms with Gasteiger partial charge in [-0.2, -0.15) is 17.6 Å². The van der Waals surface area contributed by atoms with E-state index in [9.17, 15) is 76.8 Å². The summed E-state index contributed by atoms with van der Waals surface area (Å²) < 4.78 is 66.8. The first-order valence-corrected chi connectivity index (χ1v) is 35.0. The Morgan fingerprint density at radius 3 is 1.08 bits per heavy atom. The Morgan fingerprint density at radius 2 is 0.754 bits per heavy atom. The van der Waals surface area contributed by atoms with Crippen LogP contribution in [-0.2, 0) is 31.5 Å². The van der Waals surface area contributed by atoms with Crippen molar-refractivity contribution in [1.29, 1.82) is 0 Å². The van der Waals surface area contributed by atoms with Gasteiger partial charge in [0.05, 0.1) is 25.4 Å². The minimum atomic E-state index is -0.930. The van der Waals surface area contributed by atoms with Gasteiger partial charge in [0.15, 0.2) is 0 Å². The zero-order valence-corrected chi connectivity index (χ0v) is 66.1. The number of carbonyl (C=O) groups is 3. The molecule has 114 heavy (non-hydrogen) atoms. The summed E-state index contributed by atoms with van der Waals surface area (Å²) in [6, 6.07) is 26.0. The summed E-state index contributed by atoms with van der Waals surface area (Å²) in [7, 11) is 5.02. The number of carbonyl (C=O) groups excluding carboxylic acids is 3. The fraction of sp³-hybridized carbons (Fsp3) is 0.209. The summed E-state index contributed by atoms with van der Waals surface area (Å²) in [6.07, 6.45) is 12.1. The van der Waals surface area contributed by atoms with Gasteiger partial charge in [-0.15, -0.1) is 12.4 Å². The van der Waals surface area contributed by atoms with E-state index < -0.39 is 71.5 Å². The molecule has 0 spiro atoms. The number of benzene rings is 5. The second kappa shape index (κ2) is 47.9. The van der Waals surface area contributed by atoms with Crippen LogP contribution in [-0.4, -0.2) is 113 Å². The Balaban J connectivity index is 0.000000462. The van der Waals surface area contributed by atoms with Crippen LogP contribution in [0.15, 0.2) is 153 Å². The fourth-order valence-corrected chi connectivity index (χ4v) is 8.95. The topological polar surface area (TPSA) is 512 Å². The van der Waals surface area contributed by atoms with Crippen molar-refractivity contribution in [2.75, 3.05) is 68.2 Å². The smallest absolute Gasteiger partial charge is 0.304 e. The first-order chi connectivity index (χ1) is 52.2. The van der Waals surface area contributed by atoms with Crippen molar-refractivity contribution in [3.8, 4) is 0 Å². The van der Waals surface area contributed by atoms with Crippen LogP contribution in [0.1, 0.15) is 46.0 Å². The maximum absolute atomic E-state index is 13.8. The van der Waals surface area contributed by atoms with Gasteiger partial charge in [-0.25, -0.2) is 54.2 Å². The number of hydrogen-bond donors (Lipinski definition) is 7. The summed E-state index contributed by atoms with van der Waals surface area (Å²) in [5.41, 5.74) is 15.2. The van der Waals surface area contributed by atoms with Gasteiger partial charge in [0.25, 0.3) is 0 Å². The zero-order valence-electron chi connectivity index (χ0n) is 59.0. The van der Waals surface area contributed by atoms with Crippen molar-refractivity contribution in [3.05, 3.63) is 243 Å². The van der Waals surface area contributed by atoms with Crippen molar-refractivity contribution >= 4 is 191 Å². The van der Waals surface area contributed by atoms with Gasteiger partial charge in [0, 0.05) is 163 Å². The number of nitro groups is 4. The van der Waals surface area contributed by atoms with E-state index in [1.807, 2.05) is 4.93 Å². The molecule has 0 bridgehead atoms. The quantitative estimate of drug-likeness (QED) is 0.00650. The number of hydrogen-bond acceptors (Lipinski definition) is 28. The van der Waals surface area contributed by atoms with E-state index in [4.69, 9.17) is 63.6 Å². The molecule has 3 fully saturated rings. The van der Waals surface area contributed by atoms with Crippen molar-refractivity contribution in [3.63, 3.8) is 0 Å². The molecule has 12 N–H and O–H groups in total. The SMILES string of the molecule is C.CI.CN(c1ccc(N)c(F)c1)c1cc(NC(=O)C2CC2)ncn1.CN(c1ccc([N+](=O)[O-])c(F)c1)c1cc(Cl)ncn1.CN(c1ccc([N+](=O)[O-])c(F)c1)c1cc(NC(=O)C2CC2)ncn1.Cl.Clc1cc(Cl)ncn1.N.NC(=O)C1CC1.Nc1ccc([N+](=O)[O-])c(F)c1.O=[N+]([O-])c1ccc(Nc2cc(Cl)ncn2)cc1F.[Fe]. The number of amides is 3. The largest absolute Gasteiger partial charge is 0.399 e. The molecule has 5 heterocycles. The minimum absolute atomic E-state index is 0. The number of aromatic nitrogens is 10. The molecule has 3 amide bonds. The third kappa shape index (κ3) is 32.0. The number of nitrogens with zero attached hydrogens (tertiary/aromatic N) is 17. The minimum Gasteiger partial charge on any atom is -0.399 e. The zero-order chi connectivity index (χ0) is 81.1. The normalized spacial score (nSPS) is 11.5. The standard InChI is InChI=1S/C15H14FN5O3.C15H16FN5O.C11H8ClFN4O2.C10H6ClFN4O2.C6H5FN2O2.C4H2Cl2N2.C4H7NO.CH3I.CH4.ClH.Fe.H3N/c1-20(10-4-5-12(21(23)24)11(16)6-10)14-7-13(17-8-18-14)19-15(22)9-2-3-9;1-21(10-4-5-12(17)11(16)6-10)14-7-13(18-8-19-14)20-15(22)9-2-3-9;1-16(11-5-10(12)14-6-15-11)7-2-3-9(17(18)19)8(13)4-7;11-9-4-10(14-5-13-9)15-6-1-2-8(16(17)18)7(12)3-6;7-5-3-4(8)1-2-6(5)9(10)11;5-3-1-4(6)8-2-7-3;5-4(6)3-1-2-3;1-2;;;;/h4-9H,2-3H2,1H3,(H,17,18,19,22);4-9H,2-3,17H2,1H3,(H,18,19,20,22);2-6H,1H3;1-5H,(H,13,14,15);1-3H,8H2;1-2H;3H,1-2H2,(H2,5,6);1H3;1H4;1H;;1H3. The molecular formula is C67H69Cl5F5FeIN24O11. The van der Waals surface area contributed by atoms with Crippen LogP contribution in [0.2, 0.25) is 20.6 Å². The first-order valence-electron chi connectivity index (χ1n) is 31.3. The van der Waals surface area contributed by atoms with Crippen molar-refractivity contribution < 1.29 is 73.1 Å². The van der Waals surface area contributed by atoms with E-state index in [-0.39, 0.29) is 100 Å². The molecular weight excluding hydrogens is 1770 g/mol. The van der Waals surface area contributed by atoms with Crippen LogP contribution in [0, 0.1) is 87.3 Å². The second-order valence-corrected chi connectivity index (χ2v) is 24.0. The van der Waals surface area contributed by atoms with E-state index in [0.29, 0.717) is 68.0 Å². The van der Waals surface area contributed by atoms with Gasteiger partial charge in [0.1, 0.15) is 93.0 Å². The number of rotatable bonds is 17. The number of anilines is 12. The summed E-state index contributed by atoms with van der Waals surface area (Å²) in [4.78, 5) is 118. The molecule has 47 heteroatoms. The Morgan fingerprint density at radius 1 is 0.439 bits per heavy atom. The summed E-state index contributed by atoms with van der Waals surface area (Å²) in [5.74, 6) is -1.43. The van der Waals surface area contributed by atoms with Crippen LogP contribution in [0.5, 0.6) is 0 Å². The van der Waals surface area contributed by atoms with Crippen molar-refractivity contribution in [2.45, 2.75) is 46.0 Å². The number of nitrogens with two attached hydrogens (primary N) is 3. The van der Waals surface area contributed by atoms with E-state index in [1.165, 1.54) is 86.2 Å². The summed E-state index contributed by atoms with van der Waals surface area (Å²) >= 11 is 24.4. The molecule has 10 aromatic rings. The van der Waals surface area contributed by atoms with Gasteiger partial charge >= 0.3 is 22.7 Å². The first kappa shape index (κ1) is 98.7. The molecule has 3 saturated carbocycles. The number of nitrogens with one attached hydrogen (secondary N) is 3. The maximum atomic E-state index is 13.8. The van der Waals surface area contributed by atoms with E-state index in [2.05, 4.69) is 88.4 Å². The molecule has 0 atom stereocenters. The van der Waals surface area contributed by atoms with Crippen molar-refractivity contribution in [1.82, 2.24) is 56.0 Å². The number of nitro benzene ring substituents is 4. The molecule has 0 radical (unpaired) electrons. The van der Waals surface area contributed by atoms with E-state index in [0.717, 1.165) is 87.1 Å². The van der Waals surface area contributed by atoms with Gasteiger partial charge in [-0.3, -0.25) is 54.8 Å². The molecule has 608 valence electrons. The molecule has 0 unspecified atom stereocenters. The average Bonchev–Trinajstić information content (AvgIpc) is 1.16. The second-order valence-electron chi connectivity index (χ2n) is 22.5. The molecule has 5 aromatic carbocycles. The van der Waals surface area contributed by atoms with Crippen LogP contribution in [0.4, 0.5) is 114 Å².